The van der Waals surface area contributed by atoms with E-state index in [4.69, 9.17) is 34.4 Å². The van der Waals surface area contributed by atoms with Gasteiger partial charge in [-0.3, -0.25) is 9.36 Å². The summed E-state index contributed by atoms with van der Waals surface area (Å²) in [5.74, 6) is -0.193. The predicted octanol–water partition coefficient (Wildman–Crippen LogP) is 5.19. The Hall–Kier alpha value is -1.07. The van der Waals surface area contributed by atoms with Crippen LogP contribution in [0.1, 0.15) is 23.2 Å². The van der Waals surface area contributed by atoms with E-state index in [1.54, 1.807) is 36.4 Å². The molecule has 1 aliphatic rings. The maximum absolute atomic E-state index is 12.6. The van der Waals surface area contributed by atoms with E-state index in [2.05, 4.69) is 5.32 Å². The lowest BCUT2D eigenvalue weighted by Crippen LogP contribution is -2.43. The lowest BCUT2D eigenvalue weighted by Gasteiger charge is -2.32. The highest BCUT2D eigenvalue weighted by atomic mass is 35.7. The molecule has 0 aliphatic carbocycles. The standard InChI is InChI=1S/C18H18Cl3N2O3P/c19-15-9-14(10-16(20)11-15)12-2-1-3-13(8-12)18(24)22-17-4-6-23(7-5-17)27(21,25)26/h1-3,8-11,17H,4-7H2,(H,22,24)(H,25,26). The van der Waals surface area contributed by atoms with Crippen LogP contribution in [0.2, 0.25) is 10.0 Å². The molecule has 1 unspecified atom stereocenters. The van der Waals surface area contributed by atoms with E-state index in [9.17, 15) is 14.3 Å². The molecule has 27 heavy (non-hydrogen) atoms. The van der Waals surface area contributed by atoms with Crippen LogP contribution in [-0.2, 0) is 4.57 Å². The van der Waals surface area contributed by atoms with Gasteiger partial charge in [-0.2, -0.15) is 0 Å². The number of hydrogen-bond donors (Lipinski definition) is 2. The number of carbonyl (C=O) groups is 1. The van der Waals surface area contributed by atoms with Crippen molar-refractivity contribution in [3.05, 3.63) is 58.1 Å². The van der Waals surface area contributed by atoms with E-state index >= 15 is 0 Å². The number of halogens is 3. The van der Waals surface area contributed by atoms with Crippen LogP contribution in [0.25, 0.3) is 11.1 Å². The summed E-state index contributed by atoms with van der Waals surface area (Å²) in [6.45, 7) is -3.01. The van der Waals surface area contributed by atoms with Crippen molar-refractivity contribution in [1.29, 1.82) is 0 Å². The minimum Gasteiger partial charge on any atom is -0.349 e. The van der Waals surface area contributed by atoms with Crippen LogP contribution in [0.15, 0.2) is 42.5 Å². The first-order valence-electron chi connectivity index (χ1n) is 8.37. The Morgan fingerprint density at radius 1 is 1.07 bits per heavy atom. The van der Waals surface area contributed by atoms with Crippen LogP contribution in [0.5, 0.6) is 0 Å². The smallest absolute Gasteiger partial charge is 0.349 e. The number of hydrogen-bond acceptors (Lipinski definition) is 2. The second-order valence-electron chi connectivity index (χ2n) is 6.41. The summed E-state index contributed by atoms with van der Waals surface area (Å²) in [5, 5.41) is 4.03. The van der Waals surface area contributed by atoms with Gasteiger partial charge in [-0.25, -0.2) is 4.67 Å². The first kappa shape index (κ1) is 20.7. The number of nitrogens with zero attached hydrogens (tertiary/aromatic N) is 1. The van der Waals surface area contributed by atoms with Crippen LogP contribution in [0.3, 0.4) is 0 Å². The summed E-state index contributed by atoms with van der Waals surface area (Å²) in [7, 11) is 0. The molecule has 0 aromatic heterocycles. The minimum absolute atomic E-state index is 0.0683. The number of amides is 1. The van der Waals surface area contributed by atoms with Gasteiger partial charge in [-0.1, -0.05) is 35.3 Å². The van der Waals surface area contributed by atoms with Crippen molar-refractivity contribution in [1.82, 2.24) is 9.99 Å². The second kappa shape index (κ2) is 8.52. The molecule has 1 fully saturated rings. The Bertz CT molecular complexity index is 875. The third-order valence-electron chi connectivity index (χ3n) is 4.48. The van der Waals surface area contributed by atoms with Gasteiger partial charge in [0.15, 0.2) is 0 Å². The zero-order valence-electron chi connectivity index (χ0n) is 14.2. The maximum Gasteiger partial charge on any atom is 0.360 e. The third kappa shape index (κ3) is 5.47. The lowest BCUT2D eigenvalue weighted by atomic mass is 10.0. The third-order valence-corrected chi connectivity index (χ3v) is 6.65. The van der Waals surface area contributed by atoms with Crippen LogP contribution < -0.4 is 5.32 Å². The molecule has 1 aliphatic heterocycles. The molecule has 9 heteroatoms. The monoisotopic (exact) mass is 446 g/mol. The average molecular weight is 448 g/mol. The number of benzene rings is 2. The Morgan fingerprint density at radius 3 is 2.30 bits per heavy atom. The molecule has 2 N–H and O–H groups in total. The van der Waals surface area contributed by atoms with E-state index in [-0.39, 0.29) is 11.9 Å². The molecule has 144 valence electrons. The lowest BCUT2D eigenvalue weighted by molar-refractivity contribution is 0.0923. The minimum atomic E-state index is -3.74. The van der Waals surface area contributed by atoms with Crippen molar-refractivity contribution in [2.24, 2.45) is 0 Å². The molecule has 1 saturated heterocycles. The molecular formula is C18H18Cl3N2O3P. The number of piperidine rings is 1. The second-order valence-corrected chi connectivity index (χ2v) is 10.1. The number of carbonyl (C=O) groups excluding carboxylic acids is 1. The Labute approximate surface area is 172 Å². The summed E-state index contributed by atoms with van der Waals surface area (Å²) in [5.41, 5.74) is 2.19. The zero-order valence-corrected chi connectivity index (χ0v) is 17.4. The van der Waals surface area contributed by atoms with Gasteiger partial charge in [0.25, 0.3) is 5.91 Å². The van der Waals surface area contributed by atoms with Crippen molar-refractivity contribution in [2.75, 3.05) is 13.1 Å². The molecule has 3 rings (SSSR count). The van der Waals surface area contributed by atoms with Crippen LogP contribution >= 0.6 is 41.3 Å². The SMILES string of the molecule is O=C(NC1CCN(P(=O)(O)Cl)CC1)c1cccc(-c2cc(Cl)cc(Cl)c2)c1. The van der Waals surface area contributed by atoms with E-state index in [1.165, 1.54) is 4.67 Å². The molecule has 0 spiro atoms. The zero-order chi connectivity index (χ0) is 19.6. The largest absolute Gasteiger partial charge is 0.360 e. The van der Waals surface area contributed by atoms with Gasteiger partial charge in [0.1, 0.15) is 0 Å². The fourth-order valence-electron chi connectivity index (χ4n) is 3.09. The number of rotatable bonds is 4. The van der Waals surface area contributed by atoms with Gasteiger partial charge in [0, 0.05) is 34.7 Å². The maximum atomic E-state index is 12.6. The van der Waals surface area contributed by atoms with E-state index in [1.807, 2.05) is 6.07 Å². The molecule has 1 heterocycles. The van der Waals surface area contributed by atoms with Crippen molar-refractivity contribution >= 4 is 47.2 Å². The van der Waals surface area contributed by atoms with Gasteiger partial charge >= 0.3 is 6.87 Å². The fourth-order valence-corrected chi connectivity index (χ4v) is 4.79. The fraction of sp³-hybridized carbons (Fsp3) is 0.278. The first-order chi connectivity index (χ1) is 12.7. The highest BCUT2D eigenvalue weighted by Crippen LogP contribution is 2.51. The van der Waals surface area contributed by atoms with Crippen LogP contribution in [0.4, 0.5) is 0 Å². The summed E-state index contributed by atoms with van der Waals surface area (Å²) >= 11 is 17.6. The highest BCUT2D eigenvalue weighted by Gasteiger charge is 2.30. The van der Waals surface area contributed by atoms with Gasteiger partial charge in [-0.05, 0) is 65.5 Å². The van der Waals surface area contributed by atoms with E-state index < -0.39 is 6.87 Å². The molecule has 1 amide bonds. The van der Waals surface area contributed by atoms with Crippen molar-refractivity contribution in [2.45, 2.75) is 18.9 Å². The normalized spacial score (nSPS) is 18.1. The first-order valence-corrected chi connectivity index (χ1v) is 11.6. The van der Waals surface area contributed by atoms with E-state index in [0.29, 0.717) is 41.5 Å². The molecule has 0 radical (unpaired) electrons. The van der Waals surface area contributed by atoms with Crippen LogP contribution in [-0.4, -0.2) is 34.6 Å². The topological polar surface area (TPSA) is 69.6 Å². The van der Waals surface area contributed by atoms with Crippen molar-refractivity contribution in [3.63, 3.8) is 0 Å². The summed E-state index contributed by atoms with van der Waals surface area (Å²) in [6.07, 6.45) is 1.12. The van der Waals surface area contributed by atoms with Gasteiger partial charge in [0.2, 0.25) is 0 Å². The molecular weight excluding hydrogens is 430 g/mol. The Balaban J connectivity index is 1.69. The molecule has 2 aromatic rings. The van der Waals surface area contributed by atoms with Crippen molar-refractivity contribution in [3.8, 4) is 11.1 Å². The Kier molecular flexibility index (Phi) is 6.52. The molecule has 5 nitrogen and oxygen atoms in total. The predicted molar refractivity (Wildman–Crippen MR) is 110 cm³/mol. The Morgan fingerprint density at radius 2 is 1.70 bits per heavy atom. The van der Waals surface area contributed by atoms with Crippen molar-refractivity contribution < 1.29 is 14.3 Å². The molecule has 0 bridgehead atoms. The number of nitrogens with one attached hydrogen (secondary N) is 1. The highest BCUT2D eigenvalue weighted by molar-refractivity contribution is 7.82. The van der Waals surface area contributed by atoms with Gasteiger partial charge in [-0.15, -0.1) is 0 Å². The molecule has 0 saturated carbocycles. The summed E-state index contributed by atoms with van der Waals surface area (Å²) < 4.78 is 12.8. The molecule has 1 atom stereocenters. The molecule has 2 aromatic carbocycles. The van der Waals surface area contributed by atoms with E-state index in [0.717, 1.165) is 11.1 Å². The van der Waals surface area contributed by atoms with Crippen LogP contribution in [0, 0.1) is 0 Å². The average Bonchev–Trinajstić information content (AvgIpc) is 2.61. The summed E-state index contributed by atoms with van der Waals surface area (Å²) in [4.78, 5) is 22.0. The van der Waals surface area contributed by atoms with Gasteiger partial charge < -0.3 is 10.2 Å². The van der Waals surface area contributed by atoms with Gasteiger partial charge in [0.05, 0.1) is 0 Å². The quantitative estimate of drug-likeness (QED) is 0.633. The summed E-state index contributed by atoms with van der Waals surface area (Å²) in [6, 6.07) is 12.4.